The average Bonchev–Trinajstić information content (AvgIpc) is 2.73. The van der Waals surface area contributed by atoms with Crippen molar-refractivity contribution in [3.63, 3.8) is 0 Å². The number of nitrogens with zero attached hydrogens (tertiary/aromatic N) is 2. The van der Waals surface area contributed by atoms with Crippen LogP contribution in [0.4, 0.5) is 0 Å². The first-order chi connectivity index (χ1) is 10.2. The minimum atomic E-state index is 0.192. The zero-order valence-electron chi connectivity index (χ0n) is 12.8. The highest BCUT2D eigenvalue weighted by molar-refractivity contribution is 5.79. The quantitative estimate of drug-likeness (QED) is 0.869. The summed E-state index contributed by atoms with van der Waals surface area (Å²) in [4.78, 5) is 16.7. The van der Waals surface area contributed by atoms with Crippen LogP contribution in [0.15, 0.2) is 24.3 Å². The number of rotatable bonds is 5. The molecule has 0 bridgehead atoms. The van der Waals surface area contributed by atoms with Gasteiger partial charge < -0.3 is 20.3 Å². The molecule has 5 nitrogen and oxygen atoms in total. The van der Waals surface area contributed by atoms with Gasteiger partial charge in [0.25, 0.3) is 0 Å². The van der Waals surface area contributed by atoms with Crippen molar-refractivity contribution in [1.82, 2.24) is 9.80 Å². The number of benzene rings is 1. The summed E-state index contributed by atoms with van der Waals surface area (Å²) in [6.07, 6.45) is 1.46. The van der Waals surface area contributed by atoms with Crippen LogP contribution in [-0.4, -0.2) is 62.1 Å². The van der Waals surface area contributed by atoms with Crippen LogP contribution in [0.5, 0.6) is 5.75 Å². The Kier molecular flexibility index (Phi) is 6.02. The van der Waals surface area contributed by atoms with Crippen molar-refractivity contribution in [2.24, 2.45) is 5.73 Å². The molecule has 1 aromatic carbocycles. The number of hydrogen-bond acceptors (Lipinski definition) is 4. The van der Waals surface area contributed by atoms with Crippen LogP contribution in [-0.2, 0) is 11.2 Å². The van der Waals surface area contributed by atoms with Gasteiger partial charge in [-0.3, -0.25) is 4.79 Å². The first kappa shape index (κ1) is 15.8. The largest absolute Gasteiger partial charge is 0.497 e. The van der Waals surface area contributed by atoms with Crippen LogP contribution in [0.1, 0.15) is 12.0 Å². The summed E-state index contributed by atoms with van der Waals surface area (Å²) in [6.45, 7) is 5.17. The Morgan fingerprint density at radius 1 is 1.29 bits per heavy atom. The molecule has 1 fully saturated rings. The predicted molar refractivity (Wildman–Crippen MR) is 83.4 cm³/mol. The van der Waals surface area contributed by atoms with E-state index in [0.717, 1.165) is 50.5 Å². The van der Waals surface area contributed by atoms with E-state index >= 15 is 0 Å². The van der Waals surface area contributed by atoms with Gasteiger partial charge in [0.15, 0.2) is 0 Å². The molecule has 1 saturated heterocycles. The smallest absolute Gasteiger partial charge is 0.227 e. The summed E-state index contributed by atoms with van der Waals surface area (Å²) in [5.74, 6) is 0.989. The van der Waals surface area contributed by atoms with E-state index < -0.39 is 0 Å². The number of amides is 1. The Morgan fingerprint density at radius 2 is 2.14 bits per heavy atom. The molecule has 0 atom stereocenters. The number of nitrogens with two attached hydrogens (primary N) is 1. The molecule has 0 saturated carbocycles. The van der Waals surface area contributed by atoms with E-state index in [2.05, 4.69) is 4.90 Å². The molecule has 1 aliphatic heterocycles. The summed E-state index contributed by atoms with van der Waals surface area (Å²) in [7, 11) is 1.64. The lowest BCUT2D eigenvalue weighted by atomic mass is 10.1. The molecule has 2 rings (SSSR count). The van der Waals surface area contributed by atoms with Crippen LogP contribution in [0.3, 0.4) is 0 Å². The number of carbonyl (C=O) groups is 1. The van der Waals surface area contributed by atoms with Gasteiger partial charge >= 0.3 is 0 Å². The fraction of sp³-hybridized carbons (Fsp3) is 0.562. The van der Waals surface area contributed by atoms with Gasteiger partial charge in [-0.1, -0.05) is 12.1 Å². The summed E-state index contributed by atoms with van der Waals surface area (Å²) in [5, 5.41) is 0. The maximum Gasteiger partial charge on any atom is 0.227 e. The molecular formula is C16H25N3O2. The molecule has 116 valence electrons. The van der Waals surface area contributed by atoms with Gasteiger partial charge in [-0.15, -0.1) is 0 Å². The number of ether oxygens (including phenoxy) is 1. The summed E-state index contributed by atoms with van der Waals surface area (Å²) in [6, 6.07) is 7.72. The molecule has 0 aromatic heterocycles. The minimum absolute atomic E-state index is 0.192. The van der Waals surface area contributed by atoms with Crippen LogP contribution >= 0.6 is 0 Å². The Bertz CT molecular complexity index is 465. The van der Waals surface area contributed by atoms with Gasteiger partial charge in [-0.25, -0.2) is 0 Å². The van der Waals surface area contributed by atoms with Crippen molar-refractivity contribution in [3.05, 3.63) is 29.8 Å². The third-order valence-corrected chi connectivity index (χ3v) is 3.88. The normalized spacial score (nSPS) is 16.6. The Balaban J connectivity index is 1.90. The van der Waals surface area contributed by atoms with Crippen LogP contribution in [0.2, 0.25) is 0 Å². The Morgan fingerprint density at radius 3 is 2.90 bits per heavy atom. The molecule has 1 heterocycles. The average molecular weight is 291 g/mol. The zero-order valence-corrected chi connectivity index (χ0v) is 12.8. The highest BCUT2D eigenvalue weighted by Crippen LogP contribution is 2.14. The molecule has 0 aliphatic carbocycles. The SMILES string of the molecule is COc1cccc(CC(=O)N2CCCN(CCN)CC2)c1. The lowest BCUT2D eigenvalue weighted by molar-refractivity contribution is -0.130. The highest BCUT2D eigenvalue weighted by Gasteiger charge is 2.18. The fourth-order valence-corrected chi connectivity index (χ4v) is 2.70. The molecule has 2 N–H and O–H groups in total. The summed E-state index contributed by atoms with van der Waals surface area (Å²) in [5.41, 5.74) is 6.60. The van der Waals surface area contributed by atoms with E-state index in [1.54, 1.807) is 7.11 Å². The first-order valence-electron chi connectivity index (χ1n) is 7.56. The van der Waals surface area contributed by atoms with E-state index in [-0.39, 0.29) is 5.91 Å². The van der Waals surface area contributed by atoms with E-state index in [1.807, 2.05) is 29.2 Å². The second-order valence-corrected chi connectivity index (χ2v) is 5.39. The fourth-order valence-electron chi connectivity index (χ4n) is 2.70. The first-order valence-corrected chi connectivity index (χ1v) is 7.56. The van der Waals surface area contributed by atoms with Crippen molar-refractivity contribution in [1.29, 1.82) is 0 Å². The zero-order chi connectivity index (χ0) is 15.1. The van der Waals surface area contributed by atoms with Crippen LogP contribution in [0.25, 0.3) is 0 Å². The predicted octanol–water partition coefficient (Wildman–Crippen LogP) is 0.731. The van der Waals surface area contributed by atoms with E-state index in [4.69, 9.17) is 10.5 Å². The van der Waals surface area contributed by atoms with Crippen molar-refractivity contribution in [2.75, 3.05) is 46.4 Å². The minimum Gasteiger partial charge on any atom is -0.497 e. The van der Waals surface area contributed by atoms with Gasteiger partial charge in [0, 0.05) is 32.7 Å². The molecule has 1 amide bonds. The number of carbonyl (C=O) groups excluding carboxylic acids is 1. The van der Waals surface area contributed by atoms with Crippen molar-refractivity contribution in [3.8, 4) is 5.75 Å². The van der Waals surface area contributed by atoms with E-state index in [0.29, 0.717) is 13.0 Å². The number of methoxy groups -OCH3 is 1. The Hall–Kier alpha value is -1.59. The van der Waals surface area contributed by atoms with E-state index in [1.165, 1.54) is 0 Å². The molecule has 1 aromatic rings. The van der Waals surface area contributed by atoms with Gasteiger partial charge in [-0.2, -0.15) is 0 Å². The van der Waals surface area contributed by atoms with Gasteiger partial charge in [0.2, 0.25) is 5.91 Å². The molecule has 0 spiro atoms. The molecule has 0 unspecified atom stereocenters. The molecule has 5 heteroatoms. The van der Waals surface area contributed by atoms with Crippen molar-refractivity contribution >= 4 is 5.91 Å². The molecule has 21 heavy (non-hydrogen) atoms. The summed E-state index contributed by atoms with van der Waals surface area (Å²) >= 11 is 0. The Labute approximate surface area is 126 Å². The van der Waals surface area contributed by atoms with Gasteiger partial charge in [0.1, 0.15) is 5.75 Å². The van der Waals surface area contributed by atoms with Crippen LogP contribution < -0.4 is 10.5 Å². The summed E-state index contributed by atoms with van der Waals surface area (Å²) < 4.78 is 5.20. The van der Waals surface area contributed by atoms with Gasteiger partial charge in [-0.05, 0) is 30.7 Å². The maximum absolute atomic E-state index is 12.4. The molecule has 0 radical (unpaired) electrons. The lowest BCUT2D eigenvalue weighted by Crippen LogP contribution is -2.37. The van der Waals surface area contributed by atoms with E-state index in [9.17, 15) is 4.79 Å². The second-order valence-electron chi connectivity index (χ2n) is 5.39. The highest BCUT2D eigenvalue weighted by atomic mass is 16.5. The molecule has 1 aliphatic rings. The van der Waals surface area contributed by atoms with Gasteiger partial charge in [0.05, 0.1) is 13.5 Å². The monoisotopic (exact) mass is 291 g/mol. The van der Waals surface area contributed by atoms with Crippen molar-refractivity contribution < 1.29 is 9.53 Å². The third kappa shape index (κ3) is 4.72. The lowest BCUT2D eigenvalue weighted by Gasteiger charge is -2.21. The number of hydrogen-bond donors (Lipinski definition) is 1. The van der Waals surface area contributed by atoms with Crippen LogP contribution in [0, 0.1) is 0 Å². The third-order valence-electron chi connectivity index (χ3n) is 3.88. The van der Waals surface area contributed by atoms with Crippen molar-refractivity contribution in [2.45, 2.75) is 12.8 Å². The second kappa shape index (κ2) is 8.00. The molecular weight excluding hydrogens is 266 g/mol. The topological polar surface area (TPSA) is 58.8 Å². The standard InChI is InChI=1S/C16H25N3O2/c1-21-15-5-2-4-14(12-15)13-16(20)19-8-3-7-18(9-6-17)10-11-19/h2,4-5,12H,3,6-11,13,17H2,1H3. The maximum atomic E-state index is 12.4.